The van der Waals surface area contributed by atoms with Gasteiger partial charge in [-0.1, -0.05) is 33.1 Å². The summed E-state index contributed by atoms with van der Waals surface area (Å²) in [4.78, 5) is 26.4. The number of ether oxygens (including phenoxy) is 2. The van der Waals surface area contributed by atoms with Gasteiger partial charge in [-0.25, -0.2) is 0 Å². The topological polar surface area (TPSA) is 196 Å². The van der Waals surface area contributed by atoms with Gasteiger partial charge in [0.2, 0.25) is 0 Å². The van der Waals surface area contributed by atoms with Crippen molar-refractivity contribution in [1.29, 1.82) is 0 Å². The van der Waals surface area contributed by atoms with Gasteiger partial charge in [0, 0.05) is 35.1 Å². The number of rotatable bonds is 4. The first-order valence-electron chi connectivity index (χ1n) is 10.5. The Bertz CT molecular complexity index is 804. The number of hydrogen-bond donors (Lipinski definition) is 4. The van der Waals surface area contributed by atoms with Crippen LogP contribution in [0.25, 0.3) is 0 Å². The average molecular weight is 567 g/mol. The summed E-state index contributed by atoms with van der Waals surface area (Å²) < 4.78 is 9.23. The Morgan fingerprint density at radius 1 is 0.757 bits per heavy atom. The Hall–Kier alpha value is -3.78. The number of aromatic nitrogens is 1. The summed E-state index contributed by atoms with van der Waals surface area (Å²) in [6, 6.07) is 5.72. The fraction of sp³-hybridized carbons (Fsp3) is 0.435. The molecule has 1 heterocycles. The van der Waals surface area contributed by atoms with Gasteiger partial charge in [-0.3, -0.25) is 20.6 Å². The standard InChI is InChI=1S/C10H13O4.C5H5N.2C4H8N2O2.Co/c1-13-9(11)7-5-3-4-6-8(7)10(12)14-2;1-2-4-6-5-3-1;2*1-3(5-7)4(2)6-8;/h3,7-8H,5-6H2,1-2H3;1-5H;2*7-8H,1-2H3;/q-1;;;;/b;;2*5-3+,6-4+;/t7-,8+;;;;/m1..../s1. The zero-order chi connectivity index (χ0) is 27.9. The number of allylic oxidation sites excluding steroid dienone is 2. The van der Waals surface area contributed by atoms with Gasteiger partial charge >= 0.3 is 11.9 Å². The monoisotopic (exact) mass is 567 g/mol. The molecule has 0 aromatic carbocycles. The maximum atomic E-state index is 11.3. The molecule has 0 saturated carbocycles. The van der Waals surface area contributed by atoms with Gasteiger partial charge in [0.05, 0.1) is 20.1 Å². The first-order chi connectivity index (χ1) is 17.1. The summed E-state index contributed by atoms with van der Waals surface area (Å²) in [6.45, 7) is 6.15. The van der Waals surface area contributed by atoms with Crippen molar-refractivity contribution in [2.45, 2.75) is 40.5 Å². The Morgan fingerprint density at radius 3 is 1.41 bits per heavy atom. The smallest absolute Gasteiger partial charge is 0.309 e. The third kappa shape index (κ3) is 17.3. The van der Waals surface area contributed by atoms with Gasteiger partial charge in [-0.15, -0.1) is 0 Å². The van der Waals surface area contributed by atoms with Crippen molar-refractivity contribution < 1.29 is 56.7 Å². The van der Waals surface area contributed by atoms with Crippen molar-refractivity contribution >= 4 is 34.8 Å². The van der Waals surface area contributed by atoms with Gasteiger partial charge in [0.25, 0.3) is 0 Å². The third-order valence-corrected chi connectivity index (χ3v) is 4.56. The molecule has 0 spiro atoms. The molecule has 0 aliphatic heterocycles. The number of methoxy groups -OCH3 is 2. The van der Waals surface area contributed by atoms with Gasteiger partial charge in [0.15, 0.2) is 0 Å². The minimum Gasteiger partial charge on any atom is -0.500 e. The van der Waals surface area contributed by atoms with E-state index >= 15 is 0 Å². The van der Waals surface area contributed by atoms with Crippen LogP contribution in [0.5, 0.6) is 0 Å². The van der Waals surface area contributed by atoms with Crippen LogP contribution in [-0.2, 0) is 35.8 Å². The largest absolute Gasteiger partial charge is 0.500 e. The number of esters is 2. The van der Waals surface area contributed by atoms with E-state index in [9.17, 15) is 9.59 Å². The molecule has 1 aromatic rings. The minimum atomic E-state index is -0.447. The summed E-state index contributed by atoms with van der Waals surface area (Å²) in [5.41, 5.74) is 1.25. The predicted octanol–water partition coefficient (Wildman–Crippen LogP) is 3.17. The van der Waals surface area contributed by atoms with Crippen LogP contribution in [0, 0.1) is 17.9 Å². The van der Waals surface area contributed by atoms with Crippen molar-refractivity contribution in [3.8, 4) is 0 Å². The van der Waals surface area contributed by atoms with Crippen molar-refractivity contribution in [1.82, 2.24) is 4.98 Å². The van der Waals surface area contributed by atoms with Crippen LogP contribution in [0.1, 0.15) is 40.5 Å². The second-order valence-electron chi connectivity index (χ2n) is 6.87. The van der Waals surface area contributed by atoms with E-state index in [-0.39, 0.29) is 28.7 Å². The zero-order valence-electron chi connectivity index (χ0n) is 21.5. The van der Waals surface area contributed by atoms with Crippen LogP contribution in [0.3, 0.4) is 0 Å². The molecule has 209 valence electrons. The molecule has 14 heteroatoms. The summed E-state index contributed by atoms with van der Waals surface area (Å²) in [6.07, 6.45) is 9.11. The first-order valence-corrected chi connectivity index (χ1v) is 10.5. The van der Waals surface area contributed by atoms with E-state index in [0.717, 1.165) is 0 Å². The summed E-state index contributed by atoms with van der Waals surface area (Å²) in [5, 5.41) is 43.3. The van der Waals surface area contributed by atoms with Crippen molar-refractivity contribution in [2.24, 2.45) is 32.5 Å². The van der Waals surface area contributed by atoms with E-state index in [0.29, 0.717) is 35.7 Å². The van der Waals surface area contributed by atoms with Crippen LogP contribution in [-0.4, -0.2) is 74.8 Å². The van der Waals surface area contributed by atoms with E-state index in [1.54, 1.807) is 18.5 Å². The van der Waals surface area contributed by atoms with E-state index < -0.39 is 11.8 Å². The van der Waals surface area contributed by atoms with Crippen molar-refractivity contribution in [3.05, 3.63) is 42.7 Å². The maximum Gasteiger partial charge on any atom is 0.309 e. The molecule has 0 unspecified atom stereocenters. The van der Waals surface area contributed by atoms with Gasteiger partial charge < -0.3 is 36.4 Å². The number of nitrogens with zero attached hydrogens (tertiary/aromatic N) is 5. The molecule has 2 rings (SSSR count). The zero-order valence-corrected chi connectivity index (χ0v) is 22.6. The Labute approximate surface area is 226 Å². The molecule has 2 atom stereocenters. The molecule has 0 fully saturated rings. The van der Waals surface area contributed by atoms with Gasteiger partial charge in [-0.2, -0.15) is 6.42 Å². The molecule has 1 aliphatic rings. The molecule has 4 N–H and O–H groups in total. The second-order valence-corrected chi connectivity index (χ2v) is 6.87. The molecule has 13 nitrogen and oxygen atoms in total. The SMILES string of the molecule is CC(=N\O)/C(C)=N/O.CC(=N\O)/C(C)=N/O.COC(=O)[C@H]1C[C-]=CC[C@H]1C(=O)OC.[Co].c1ccncc1. The number of carbonyl (C=O) groups is 2. The number of hydrogen-bond acceptors (Lipinski definition) is 13. The van der Waals surface area contributed by atoms with Gasteiger partial charge in [0.1, 0.15) is 22.8 Å². The fourth-order valence-electron chi connectivity index (χ4n) is 2.14. The molecular weight excluding hydrogens is 533 g/mol. The van der Waals surface area contributed by atoms with Crippen LogP contribution in [0.15, 0.2) is 57.3 Å². The Balaban J connectivity index is -0.000000437. The predicted molar refractivity (Wildman–Crippen MR) is 132 cm³/mol. The Morgan fingerprint density at radius 2 is 1.14 bits per heavy atom. The molecule has 37 heavy (non-hydrogen) atoms. The number of oxime groups is 4. The second kappa shape index (κ2) is 23.9. The summed E-state index contributed by atoms with van der Waals surface area (Å²) >= 11 is 0. The van der Waals surface area contributed by atoms with Gasteiger partial charge in [-0.05, 0) is 39.8 Å². The van der Waals surface area contributed by atoms with Crippen LogP contribution >= 0.6 is 0 Å². The van der Waals surface area contributed by atoms with Crippen LogP contribution in [0.4, 0.5) is 0 Å². The summed E-state index contributed by atoms with van der Waals surface area (Å²) in [7, 11) is 2.63. The molecule has 1 radical (unpaired) electrons. The number of carbonyl (C=O) groups excluding carboxylic acids is 2. The Kier molecular flexibility index (Phi) is 24.4. The molecule has 1 aromatic heterocycles. The van der Waals surface area contributed by atoms with Crippen LogP contribution in [0.2, 0.25) is 0 Å². The third-order valence-electron chi connectivity index (χ3n) is 4.56. The van der Waals surface area contributed by atoms with Crippen molar-refractivity contribution in [2.75, 3.05) is 14.2 Å². The van der Waals surface area contributed by atoms with Crippen molar-refractivity contribution in [3.63, 3.8) is 0 Å². The summed E-state index contributed by atoms with van der Waals surface area (Å²) in [5.74, 6) is -1.61. The van der Waals surface area contributed by atoms with E-state index in [2.05, 4.69) is 41.2 Å². The normalized spacial score (nSPS) is 17.1. The molecule has 0 saturated heterocycles. The van der Waals surface area contributed by atoms with Crippen LogP contribution < -0.4 is 0 Å². The fourth-order valence-corrected chi connectivity index (χ4v) is 2.14. The minimum absolute atomic E-state index is 0. The molecule has 1 aliphatic carbocycles. The average Bonchev–Trinajstić information content (AvgIpc) is 2.96. The van der Waals surface area contributed by atoms with E-state index in [4.69, 9.17) is 20.8 Å². The maximum absolute atomic E-state index is 11.3. The molecular formula is C23H34CoN5O8-. The quantitative estimate of drug-likeness (QED) is 0.139. The number of pyridine rings is 1. The molecule has 0 amide bonds. The van der Waals surface area contributed by atoms with E-state index in [1.807, 2.05) is 18.2 Å². The van der Waals surface area contributed by atoms with E-state index in [1.165, 1.54) is 41.9 Å². The molecule has 0 bridgehead atoms. The first kappa shape index (κ1) is 37.8.